The molecule has 2 atom stereocenters. The van der Waals surface area contributed by atoms with Crippen LogP contribution >= 0.6 is 11.6 Å². The largest absolute Gasteiger partial charge is 0.368 e. The third-order valence-electron chi connectivity index (χ3n) is 4.96. The highest BCUT2D eigenvalue weighted by Gasteiger charge is 2.43. The molecular formula is C19H21ClN2. The smallest absolute Gasteiger partial charge is 0.0639 e. The fraction of sp³-hybridized carbons (Fsp3) is 0.368. The fourth-order valence-electron chi connectivity index (χ4n) is 3.65. The normalized spacial score (nSPS) is 25.2. The van der Waals surface area contributed by atoms with Crippen LogP contribution in [0.2, 0.25) is 5.02 Å². The molecule has 0 N–H and O–H groups in total. The number of benzene rings is 2. The Balaban J connectivity index is 1.37. The van der Waals surface area contributed by atoms with Crippen LogP contribution in [0, 0.1) is 0 Å². The summed E-state index contributed by atoms with van der Waals surface area (Å²) < 4.78 is 0. The number of nitrogens with zero attached hydrogens (tertiary/aromatic N) is 2. The Morgan fingerprint density at radius 1 is 0.818 bits per heavy atom. The average molecular weight is 313 g/mol. The number of halogens is 1. The number of hydrogen-bond donors (Lipinski definition) is 0. The van der Waals surface area contributed by atoms with Crippen LogP contribution in [0.15, 0.2) is 54.6 Å². The molecule has 1 heterocycles. The Hall–Kier alpha value is -1.51. The van der Waals surface area contributed by atoms with E-state index in [4.69, 9.17) is 11.6 Å². The minimum Gasteiger partial charge on any atom is -0.368 e. The highest BCUT2D eigenvalue weighted by atomic mass is 35.5. The second-order valence-electron chi connectivity index (χ2n) is 6.29. The van der Waals surface area contributed by atoms with E-state index in [1.54, 1.807) is 0 Å². The summed E-state index contributed by atoms with van der Waals surface area (Å²) in [6.07, 6.45) is 1.32. The summed E-state index contributed by atoms with van der Waals surface area (Å²) in [6, 6.07) is 19.9. The van der Waals surface area contributed by atoms with Crippen molar-refractivity contribution in [2.24, 2.45) is 0 Å². The fourth-order valence-corrected chi connectivity index (χ4v) is 3.90. The van der Waals surface area contributed by atoms with E-state index in [2.05, 4.69) is 52.3 Å². The minimum absolute atomic E-state index is 0.744. The van der Waals surface area contributed by atoms with E-state index in [0.717, 1.165) is 43.2 Å². The summed E-state index contributed by atoms with van der Waals surface area (Å²) in [6.45, 7) is 4.42. The van der Waals surface area contributed by atoms with Gasteiger partial charge in [-0.1, -0.05) is 54.1 Å². The van der Waals surface area contributed by atoms with Gasteiger partial charge in [0.15, 0.2) is 0 Å². The molecule has 0 aromatic heterocycles. The van der Waals surface area contributed by atoms with E-state index < -0.39 is 0 Å². The van der Waals surface area contributed by atoms with Gasteiger partial charge < -0.3 is 4.90 Å². The van der Waals surface area contributed by atoms with Gasteiger partial charge in [-0.15, -0.1) is 0 Å². The van der Waals surface area contributed by atoms with Gasteiger partial charge in [0, 0.05) is 38.1 Å². The molecule has 0 unspecified atom stereocenters. The second-order valence-corrected chi connectivity index (χ2v) is 6.70. The third-order valence-corrected chi connectivity index (χ3v) is 5.28. The summed E-state index contributed by atoms with van der Waals surface area (Å²) >= 11 is 6.32. The van der Waals surface area contributed by atoms with Gasteiger partial charge in [-0.05, 0) is 24.1 Å². The van der Waals surface area contributed by atoms with Crippen LogP contribution in [0.5, 0.6) is 0 Å². The topological polar surface area (TPSA) is 6.48 Å². The zero-order valence-electron chi connectivity index (χ0n) is 12.7. The lowest BCUT2D eigenvalue weighted by Gasteiger charge is -2.36. The van der Waals surface area contributed by atoms with Gasteiger partial charge in [-0.2, -0.15) is 0 Å². The summed E-state index contributed by atoms with van der Waals surface area (Å²) in [5, 5.41) is 0.865. The number of rotatable bonds is 3. The molecule has 0 bridgehead atoms. The van der Waals surface area contributed by atoms with Crippen molar-refractivity contribution in [3.63, 3.8) is 0 Å². The van der Waals surface area contributed by atoms with Crippen molar-refractivity contribution >= 4 is 17.3 Å². The maximum absolute atomic E-state index is 6.32. The zero-order valence-corrected chi connectivity index (χ0v) is 13.4. The van der Waals surface area contributed by atoms with Gasteiger partial charge in [0.25, 0.3) is 0 Å². The van der Waals surface area contributed by atoms with Crippen molar-refractivity contribution in [3.8, 4) is 0 Å². The lowest BCUT2D eigenvalue weighted by molar-refractivity contribution is 0.244. The van der Waals surface area contributed by atoms with Crippen molar-refractivity contribution in [2.45, 2.75) is 18.4 Å². The molecule has 2 aromatic carbocycles. The minimum atomic E-state index is 0.744. The van der Waals surface area contributed by atoms with Crippen LogP contribution < -0.4 is 4.90 Å². The van der Waals surface area contributed by atoms with Crippen LogP contribution in [-0.2, 0) is 0 Å². The van der Waals surface area contributed by atoms with Crippen LogP contribution in [0.3, 0.4) is 0 Å². The quantitative estimate of drug-likeness (QED) is 0.844. The first kappa shape index (κ1) is 14.1. The van der Waals surface area contributed by atoms with Gasteiger partial charge in [-0.25, -0.2) is 0 Å². The Bertz CT molecular complexity index is 635. The van der Waals surface area contributed by atoms with Crippen molar-refractivity contribution in [3.05, 3.63) is 65.2 Å². The van der Waals surface area contributed by atoms with Crippen molar-refractivity contribution < 1.29 is 0 Å². The molecule has 2 aliphatic rings. The zero-order chi connectivity index (χ0) is 14.9. The molecule has 2 aromatic rings. The van der Waals surface area contributed by atoms with E-state index in [9.17, 15) is 0 Å². The number of piperazine rings is 1. The molecular weight excluding hydrogens is 292 g/mol. The average Bonchev–Trinajstić information content (AvgIpc) is 3.37. The Morgan fingerprint density at radius 3 is 2.23 bits per heavy atom. The monoisotopic (exact) mass is 312 g/mol. The first-order valence-electron chi connectivity index (χ1n) is 8.11. The summed E-state index contributed by atoms with van der Waals surface area (Å²) in [5.41, 5.74) is 2.68. The molecule has 1 aliphatic heterocycles. The molecule has 22 heavy (non-hydrogen) atoms. The van der Waals surface area contributed by atoms with Crippen molar-refractivity contribution in [1.82, 2.24) is 4.90 Å². The molecule has 1 aliphatic carbocycles. The first-order chi connectivity index (χ1) is 10.8. The van der Waals surface area contributed by atoms with E-state index >= 15 is 0 Å². The molecule has 0 spiro atoms. The second kappa shape index (κ2) is 5.94. The van der Waals surface area contributed by atoms with E-state index in [-0.39, 0.29) is 0 Å². The number of anilines is 1. The molecule has 1 saturated heterocycles. The summed E-state index contributed by atoms with van der Waals surface area (Å²) in [7, 11) is 0. The molecule has 1 saturated carbocycles. The van der Waals surface area contributed by atoms with Crippen molar-refractivity contribution in [1.29, 1.82) is 0 Å². The highest BCUT2D eigenvalue weighted by Crippen LogP contribution is 2.45. The Morgan fingerprint density at radius 2 is 1.50 bits per heavy atom. The highest BCUT2D eigenvalue weighted by molar-refractivity contribution is 6.33. The molecule has 0 radical (unpaired) electrons. The maximum Gasteiger partial charge on any atom is 0.0639 e. The number of para-hydroxylation sites is 1. The molecule has 4 rings (SSSR count). The van der Waals surface area contributed by atoms with E-state index in [0.29, 0.717) is 0 Å². The van der Waals surface area contributed by atoms with Crippen LogP contribution in [-0.4, -0.2) is 37.1 Å². The van der Waals surface area contributed by atoms with Crippen LogP contribution in [0.25, 0.3) is 0 Å². The van der Waals surface area contributed by atoms with Gasteiger partial charge in [0.05, 0.1) is 10.7 Å². The molecule has 0 amide bonds. The first-order valence-corrected chi connectivity index (χ1v) is 8.49. The summed E-state index contributed by atoms with van der Waals surface area (Å²) in [4.78, 5) is 5.07. The SMILES string of the molecule is Clc1ccccc1N1CCN([C@@H]2C[C@H]2c2ccccc2)CC1. The lowest BCUT2D eigenvalue weighted by Crippen LogP contribution is -2.47. The van der Waals surface area contributed by atoms with Gasteiger partial charge >= 0.3 is 0 Å². The predicted molar refractivity (Wildman–Crippen MR) is 92.8 cm³/mol. The molecule has 114 valence electrons. The lowest BCUT2D eigenvalue weighted by atomic mass is 10.1. The predicted octanol–water partition coefficient (Wildman–Crippen LogP) is 4.02. The maximum atomic E-state index is 6.32. The molecule has 3 heteroatoms. The third kappa shape index (κ3) is 2.73. The van der Waals surface area contributed by atoms with Gasteiger partial charge in [0.1, 0.15) is 0 Å². The Labute approximate surface area is 137 Å². The van der Waals surface area contributed by atoms with E-state index in [1.165, 1.54) is 17.7 Å². The standard InChI is InChI=1S/C19H21ClN2/c20-17-8-4-5-9-18(17)21-10-12-22(13-11-21)19-14-16(19)15-6-2-1-3-7-15/h1-9,16,19H,10-14H2/t16-,19+/m0/s1. The Kier molecular flexibility index (Phi) is 3.81. The van der Waals surface area contributed by atoms with Crippen molar-refractivity contribution in [2.75, 3.05) is 31.1 Å². The molecule has 2 nitrogen and oxygen atoms in total. The van der Waals surface area contributed by atoms with Gasteiger partial charge in [-0.3, -0.25) is 4.90 Å². The van der Waals surface area contributed by atoms with E-state index in [1.807, 2.05) is 12.1 Å². The van der Waals surface area contributed by atoms with Crippen LogP contribution in [0.4, 0.5) is 5.69 Å². The molecule has 2 fully saturated rings. The summed E-state index contributed by atoms with van der Waals surface area (Å²) in [5.74, 6) is 0.744. The van der Waals surface area contributed by atoms with Gasteiger partial charge in [0.2, 0.25) is 0 Å². The van der Waals surface area contributed by atoms with Crippen LogP contribution in [0.1, 0.15) is 17.9 Å². The number of hydrogen-bond acceptors (Lipinski definition) is 2.